The number of hydrogen-bond acceptors (Lipinski definition) is 8. The fourth-order valence-corrected chi connectivity index (χ4v) is 7.11. The number of likely N-dealkylation sites (N-methyl/N-ethyl adjacent to an activating group) is 1. The molecule has 39 heavy (non-hydrogen) atoms. The van der Waals surface area contributed by atoms with Crippen molar-refractivity contribution in [3.05, 3.63) is 29.2 Å². The third kappa shape index (κ3) is 4.79. The lowest BCUT2D eigenvalue weighted by atomic mass is 9.64. The molecule has 3 atom stereocenters. The minimum Gasteiger partial charge on any atom is -0.473 e. The van der Waals surface area contributed by atoms with Gasteiger partial charge in [0, 0.05) is 44.1 Å². The molecule has 4 aliphatic rings. The molecule has 9 heteroatoms. The van der Waals surface area contributed by atoms with Gasteiger partial charge in [0.15, 0.2) is 17.3 Å². The zero-order valence-corrected chi connectivity index (χ0v) is 23.4. The fourth-order valence-electron chi connectivity index (χ4n) is 7.11. The van der Waals surface area contributed by atoms with E-state index in [9.17, 15) is 9.59 Å². The molecule has 2 aliphatic heterocycles. The van der Waals surface area contributed by atoms with Crippen LogP contribution in [0.5, 0.6) is 5.88 Å². The average Bonchev–Trinajstić information content (AvgIpc) is 3.57. The van der Waals surface area contributed by atoms with E-state index in [1.165, 1.54) is 6.42 Å². The zero-order chi connectivity index (χ0) is 27.1. The Hall–Kier alpha value is -3.07. The number of fused-ring (bicyclic) bond motifs is 2. The van der Waals surface area contributed by atoms with Gasteiger partial charge in [0.25, 0.3) is 0 Å². The van der Waals surface area contributed by atoms with E-state index >= 15 is 0 Å². The van der Waals surface area contributed by atoms with E-state index < -0.39 is 5.41 Å². The van der Waals surface area contributed by atoms with E-state index in [4.69, 9.17) is 19.2 Å². The molecule has 1 spiro atoms. The quantitative estimate of drug-likeness (QED) is 0.559. The van der Waals surface area contributed by atoms with Gasteiger partial charge in [-0.2, -0.15) is 4.98 Å². The van der Waals surface area contributed by atoms with Gasteiger partial charge >= 0.3 is 0 Å². The Morgan fingerprint density at radius 2 is 1.97 bits per heavy atom. The van der Waals surface area contributed by atoms with Crippen LogP contribution < -0.4 is 4.74 Å². The molecule has 2 aliphatic carbocycles. The van der Waals surface area contributed by atoms with Crippen LogP contribution in [-0.4, -0.2) is 75.4 Å². The van der Waals surface area contributed by atoms with Crippen LogP contribution in [0.3, 0.4) is 0 Å². The molecular formula is C30H39N5O4. The largest absolute Gasteiger partial charge is 0.473 e. The van der Waals surface area contributed by atoms with E-state index in [0.717, 1.165) is 74.1 Å². The summed E-state index contributed by atoms with van der Waals surface area (Å²) in [6.45, 7) is 6.00. The summed E-state index contributed by atoms with van der Waals surface area (Å²) in [6, 6.07) is 2.25. The van der Waals surface area contributed by atoms with E-state index in [0.29, 0.717) is 49.4 Å². The average molecular weight is 534 g/mol. The van der Waals surface area contributed by atoms with Gasteiger partial charge in [0.05, 0.1) is 11.1 Å². The zero-order valence-electron chi connectivity index (χ0n) is 23.4. The Labute approximate surface area is 230 Å². The Morgan fingerprint density at radius 1 is 1.13 bits per heavy atom. The second-order valence-corrected chi connectivity index (χ2v) is 11.8. The van der Waals surface area contributed by atoms with Crippen LogP contribution in [0, 0.1) is 0 Å². The van der Waals surface area contributed by atoms with Crippen molar-refractivity contribution >= 4 is 17.3 Å². The predicted molar refractivity (Wildman–Crippen MR) is 146 cm³/mol. The molecular weight excluding hydrogens is 494 g/mol. The van der Waals surface area contributed by atoms with Gasteiger partial charge in [-0.25, -0.2) is 4.98 Å². The SMILES string of the molecule is CC(=O)N1CC=C(c2cc(O[C@@H](C)[C@@H]3CCCN3C)nc(-c3noc4c3CCC[C@@]43CCCCC3=O)n2)CC1. The molecule has 6 rings (SSSR count). The molecule has 2 aromatic rings. The molecule has 0 unspecified atom stereocenters. The summed E-state index contributed by atoms with van der Waals surface area (Å²) in [7, 11) is 2.14. The van der Waals surface area contributed by atoms with Crippen molar-refractivity contribution in [2.45, 2.75) is 95.6 Å². The van der Waals surface area contributed by atoms with Crippen molar-refractivity contribution in [3.63, 3.8) is 0 Å². The van der Waals surface area contributed by atoms with Gasteiger partial charge in [-0.05, 0) is 77.5 Å². The van der Waals surface area contributed by atoms with E-state index in [1.54, 1.807) is 6.92 Å². The van der Waals surface area contributed by atoms with E-state index in [1.807, 2.05) is 11.0 Å². The highest BCUT2D eigenvalue weighted by Crippen LogP contribution is 2.47. The molecule has 0 aromatic carbocycles. The number of ketones is 1. The smallest absolute Gasteiger partial charge is 0.219 e. The van der Waals surface area contributed by atoms with Crippen LogP contribution in [0.15, 0.2) is 16.7 Å². The lowest BCUT2D eigenvalue weighted by Crippen LogP contribution is -2.41. The maximum absolute atomic E-state index is 13.2. The van der Waals surface area contributed by atoms with Crippen molar-refractivity contribution < 1.29 is 18.8 Å². The first-order valence-corrected chi connectivity index (χ1v) is 14.6. The number of carbonyl (C=O) groups excluding carboxylic acids is 2. The molecule has 1 saturated heterocycles. The van der Waals surface area contributed by atoms with Crippen LogP contribution in [0.25, 0.3) is 17.1 Å². The molecule has 2 aromatic heterocycles. The molecule has 9 nitrogen and oxygen atoms in total. The Morgan fingerprint density at radius 3 is 2.69 bits per heavy atom. The van der Waals surface area contributed by atoms with Crippen LogP contribution in [0.2, 0.25) is 0 Å². The number of hydrogen-bond donors (Lipinski definition) is 0. The van der Waals surface area contributed by atoms with Gasteiger partial charge in [-0.1, -0.05) is 17.7 Å². The first-order chi connectivity index (χ1) is 18.9. The monoisotopic (exact) mass is 533 g/mol. The molecule has 0 bridgehead atoms. The van der Waals surface area contributed by atoms with Crippen molar-refractivity contribution in [2.75, 3.05) is 26.7 Å². The van der Waals surface area contributed by atoms with Crippen LogP contribution >= 0.6 is 0 Å². The second kappa shape index (κ2) is 10.5. The summed E-state index contributed by atoms with van der Waals surface area (Å²) < 4.78 is 12.5. The van der Waals surface area contributed by atoms with Crippen molar-refractivity contribution in [1.82, 2.24) is 24.9 Å². The number of nitrogens with zero attached hydrogens (tertiary/aromatic N) is 5. The minimum atomic E-state index is -0.544. The predicted octanol–water partition coefficient (Wildman–Crippen LogP) is 4.35. The lowest BCUT2D eigenvalue weighted by Gasteiger charge is -2.36. The fraction of sp³-hybridized carbons (Fsp3) is 0.633. The summed E-state index contributed by atoms with van der Waals surface area (Å²) in [6.07, 6.45) is 11.0. The Balaban J connectivity index is 1.38. The summed E-state index contributed by atoms with van der Waals surface area (Å²) in [5.74, 6) is 2.10. The number of aromatic nitrogens is 3. The third-order valence-electron chi connectivity index (χ3n) is 9.37. The van der Waals surface area contributed by atoms with Gasteiger partial charge < -0.3 is 14.2 Å². The number of carbonyl (C=O) groups is 2. The number of rotatable bonds is 5. The summed E-state index contributed by atoms with van der Waals surface area (Å²) >= 11 is 0. The van der Waals surface area contributed by atoms with Crippen LogP contribution in [0.1, 0.15) is 88.7 Å². The number of likely N-dealkylation sites (tertiary alicyclic amines) is 1. The molecule has 0 radical (unpaired) electrons. The van der Waals surface area contributed by atoms with Gasteiger partial charge in [0.2, 0.25) is 11.8 Å². The number of ether oxygens (including phenoxy) is 1. The number of Topliss-reactive ketones (excluding diaryl/α,β-unsaturated/α-hetero) is 1. The van der Waals surface area contributed by atoms with Crippen LogP contribution in [0.4, 0.5) is 0 Å². The minimum absolute atomic E-state index is 0.0315. The lowest BCUT2D eigenvalue weighted by molar-refractivity contribution is -0.129. The summed E-state index contributed by atoms with van der Waals surface area (Å²) in [4.78, 5) is 39.0. The third-order valence-corrected chi connectivity index (χ3v) is 9.37. The molecule has 208 valence electrons. The highest BCUT2D eigenvalue weighted by molar-refractivity contribution is 5.91. The van der Waals surface area contributed by atoms with Crippen molar-refractivity contribution in [3.8, 4) is 17.4 Å². The Bertz CT molecular complexity index is 1300. The Kier molecular flexibility index (Phi) is 7.04. The topological polar surface area (TPSA) is 102 Å². The second-order valence-electron chi connectivity index (χ2n) is 11.8. The van der Waals surface area contributed by atoms with Crippen molar-refractivity contribution in [2.24, 2.45) is 0 Å². The normalized spacial score (nSPS) is 26.4. The molecule has 0 N–H and O–H groups in total. The maximum Gasteiger partial charge on any atom is 0.219 e. The van der Waals surface area contributed by atoms with Gasteiger partial charge in [0.1, 0.15) is 11.9 Å². The molecule has 2 fully saturated rings. The summed E-state index contributed by atoms with van der Waals surface area (Å²) in [5.41, 5.74) is 2.92. The van der Waals surface area contributed by atoms with Gasteiger partial charge in [-0.15, -0.1) is 0 Å². The highest BCUT2D eigenvalue weighted by Gasteiger charge is 2.48. The maximum atomic E-state index is 13.2. The van der Waals surface area contributed by atoms with Gasteiger partial charge in [-0.3, -0.25) is 14.5 Å². The number of amides is 1. The van der Waals surface area contributed by atoms with E-state index in [-0.39, 0.29) is 17.8 Å². The van der Waals surface area contributed by atoms with Crippen LogP contribution in [-0.2, 0) is 21.4 Å². The first-order valence-electron chi connectivity index (χ1n) is 14.6. The first kappa shape index (κ1) is 26.2. The molecule has 1 amide bonds. The molecule has 4 heterocycles. The van der Waals surface area contributed by atoms with Crippen molar-refractivity contribution in [1.29, 1.82) is 0 Å². The van der Waals surface area contributed by atoms with E-state index in [2.05, 4.69) is 30.1 Å². The summed E-state index contributed by atoms with van der Waals surface area (Å²) in [5, 5.41) is 4.49. The molecule has 1 saturated carbocycles. The highest BCUT2D eigenvalue weighted by atomic mass is 16.5. The standard InChI is InChI=1S/C30H39N5O4/c1-19(24-9-7-15-34(24)3)38-26-18-23(21-11-16-35(17-12-21)20(2)36)31-29(32-26)27-22-8-6-14-30(28(22)39-33-27)13-5-4-10-25(30)37/h11,18-19,24H,4-10,12-17H2,1-3H3/t19-,24-,30+/m0/s1.